The molecule has 0 radical (unpaired) electrons. The molecule has 1 fully saturated rings. The molecule has 0 spiro atoms. The fourth-order valence-corrected chi connectivity index (χ4v) is 4.31. The van der Waals surface area contributed by atoms with E-state index in [-0.39, 0.29) is 6.10 Å². The van der Waals surface area contributed by atoms with Crippen molar-refractivity contribution >= 4 is 34.7 Å². The lowest BCUT2D eigenvalue weighted by atomic mass is 10.1. The summed E-state index contributed by atoms with van der Waals surface area (Å²) in [5.41, 5.74) is 5.09. The quantitative estimate of drug-likeness (QED) is 0.492. The van der Waals surface area contributed by atoms with Crippen molar-refractivity contribution < 1.29 is 9.53 Å². The van der Waals surface area contributed by atoms with Crippen molar-refractivity contribution in [3.63, 3.8) is 0 Å². The van der Waals surface area contributed by atoms with Crippen LogP contribution in [0.2, 0.25) is 5.02 Å². The Kier molecular flexibility index (Phi) is 5.38. The van der Waals surface area contributed by atoms with Crippen LogP contribution in [-0.2, 0) is 4.74 Å². The van der Waals surface area contributed by atoms with E-state index in [2.05, 4.69) is 27.8 Å². The molecule has 1 aliphatic carbocycles. The van der Waals surface area contributed by atoms with Gasteiger partial charge < -0.3 is 4.74 Å². The highest BCUT2D eigenvalue weighted by atomic mass is 35.5. The summed E-state index contributed by atoms with van der Waals surface area (Å²) in [6.45, 7) is 3.61. The van der Waals surface area contributed by atoms with Gasteiger partial charge in [0.15, 0.2) is 0 Å². The van der Waals surface area contributed by atoms with Crippen LogP contribution in [0.3, 0.4) is 0 Å². The molecular formula is C22H21ClN2O2S. The molecule has 0 atom stereocenters. The molecule has 4 nitrogen and oxygen atoms in total. The van der Waals surface area contributed by atoms with Crippen LogP contribution in [0, 0.1) is 0 Å². The summed E-state index contributed by atoms with van der Waals surface area (Å²) in [6, 6.07) is 11.9. The summed E-state index contributed by atoms with van der Waals surface area (Å²) in [4.78, 5) is 17.3. The van der Waals surface area contributed by atoms with Crippen LogP contribution in [-0.4, -0.2) is 17.2 Å². The summed E-state index contributed by atoms with van der Waals surface area (Å²) < 4.78 is 5.10. The number of halogens is 1. The van der Waals surface area contributed by atoms with Crippen molar-refractivity contribution in [2.75, 3.05) is 5.32 Å². The van der Waals surface area contributed by atoms with Gasteiger partial charge in [0.25, 0.3) is 0 Å². The van der Waals surface area contributed by atoms with Gasteiger partial charge in [0.05, 0.1) is 11.1 Å². The molecule has 0 aliphatic heterocycles. The molecule has 1 aromatic carbocycles. The maximum Gasteiger partial charge on any atom is 0.411 e. The lowest BCUT2D eigenvalue weighted by Crippen LogP contribution is -2.17. The van der Waals surface area contributed by atoms with E-state index in [0.29, 0.717) is 16.6 Å². The number of ether oxygens (including phenoxy) is 1. The van der Waals surface area contributed by atoms with Crippen LogP contribution in [0.1, 0.15) is 38.3 Å². The molecule has 0 saturated heterocycles. The van der Waals surface area contributed by atoms with Crippen molar-refractivity contribution in [1.29, 1.82) is 0 Å². The number of amides is 1. The van der Waals surface area contributed by atoms with Gasteiger partial charge in [-0.2, -0.15) is 0 Å². The van der Waals surface area contributed by atoms with Crippen molar-refractivity contribution in [2.45, 2.75) is 38.7 Å². The van der Waals surface area contributed by atoms with Crippen LogP contribution in [0.15, 0.2) is 48.0 Å². The molecule has 1 amide bonds. The molecule has 6 heteroatoms. The number of anilines is 1. The van der Waals surface area contributed by atoms with Crippen molar-refractivity contribution in [3.8, 4) is 21.6 Å². The maximum atomic E-state index is 11.7. The molecule has 1 aliphatic rings. The lowest BCUT2D eigenvalue weighted by molar-refractivity contribution is 0.130. The topological polar surface area (TPSA) is 51.2 Å². The smallest absolute Gasteiger partial charge is 0.411 e. The predicted octanol–water partition coefficient (Wildman–Crippen LogP) is 6.96. The van der Waals surface area contributed by atoms with E-state index in [0.717, 1.165) is 10.4 Å². The summed E-state index contributed by atoms with van der Waals surface area (Å²) in [6.07, 6.45) is 3.72. The third-order valence-corrected chi connectivity index (χ3v) is 5.81. The number of nitrogens with one attached hydrogen (secondary N) is 1. The van der Waals surface area contributed by atoms with E-state index < -0.39 is 6.09 Å². The fraction of sp³-hybridized carbons (Fsp3) is 0.273. The number of carbonyl (C=O) groups excluding carboxylic acids is 1. The third-order valence-electron chi connectivity index (χ3n) is 4.53. The van der Waals surface area contributed by atoms with Gasteiger partial charge in [-0.25, -0.2) is 4.79 Å². The Morgan fingerprint density at radius 2 is 2.04 bits per heavy atom. The van der Waals surface area contributed by atoms with Gasteiger partial charge in [0, 0.05) is 33.9 Å². The molecule has 2 aromatic heterocycles. The minimum atomic E-state index is -0.485. The summed E-state index contributed by atoms with van der Waals surface area (Å²) in [5, 5.41) is 5.43. The van der Waals surface area contributed by atoms with Crippen LogP contribution in [0.5, 0.6) is 0 Å². The molecule has 0 bridgehead atoms. The summed E-state index contributed by atoms with van der Waals surface area (Å²) in [7, 11) is 0. The standard InChI is InChI=1S/C22H21ClN2O2S/c1-13(2)27-22(26)25-17-5-6-18(19(23)11-17)21-10-16(12-28-21)15-7-8-24-20(9-15)14-3-4-14/h5-14H,3-4H2,1-2H3,(H,25,26). The summed E-state index contributed by atoms with van der Waals surface area (Å²) in [5.74, 6) is 0.634. The lowest BCUT2D eigenvalue weighted by Gasteiger charge is -2.10. The Labute approximate surface area is 173 Å². The number of carbonyl (C=O) groups is 1. The molecule has 0 unspecified atom stereocenters. The highest BCUT2D eigenvalue weighted by Gasteiger charge is 2.25. The zero-order valence-electron chi connectivity index (χ0n) is 15.7. The second-order valence-corrected chi connectivity index (χ2v) is 8.54. The molecule has 144 valence electrons. The van der Waals surface area contributed by atoms with Gasteiger partial charge in [-0.05, 0) is 79.6 Å². The molecule has 28 heavy (non-hydrogen) atoms. The Balaban J connectivity index is 1.53. The molecule has 4 rings (SSSR count). The van der Waals surface area contributed by atoms with E-state index in [9.17, 15) is 4.79 Å². The Bertz CT molecular complexity index is 1010. The van der Waals surface area contributed by atoms with E-state index in [1.165, 1.54) is 29.7 Å². The average molecular weight is 413 g/mol. The predicted molar refractivity (Wildman–Crippen MR) is 115 cm³/mol. The highest BCUT2D eigenvalue weighted by molar-refractivity contribution is 7.14. The van der Waals surface area contributed by atoms with Gasteiger partial charge in [0.1, 0.15) is 0 Å². The highest BCUT2D eigenvalue weighted by Crippen LogP contribution is 2.41. The van der Waals surface area contributed by atoms with Crippen molar-refractivity contribution in [2.24, 2.45) is 0 Å². The second-order valence-electron chi connectivity index (χ2n) is 7.22. The van der Waals surface area contributed by atoms with Crippen LogP contribution < -0.4 is 5.32 Å². The molecule has 3 aromatic rings. The molecule has 1 N–H and O–H groups in total. The first-order valence-electron chi connectivity index (χ1n) is 9.32. The maximum absolute atomic E-state index is 11.7. The average Bonchev–Trinajstić information content (AvgIpc) is 3.39. The van der Waals surface area contributed by atoms with Gasteiger partial charge in [0.2, 0.25) is 0 Å². The molecule has 1 saturated carbocycles. The molecular weight excluding hydrogens is 392 g/mol. The van der Waals surface area contributed by atoms with Gasteiger partial charge in [-0.1, -0.05) is 11.6 Å². The monoisotopic (exact) mass is 412 g/mol. The number of nitrogens with zero attached hydrogens (tertiary/aromatic N) is 1. The van der Waals surface area contributed by atoms with Crippen LogP contribution in [0.25, 0.3) is 21.6 Å². The number of pyridine rings is 1. The number of hydrogen-bond donors (Lipinski definition) is 1. The number of rotatable bonds is 5. The normalized spacial score (nSPS) is 13.6. The Morgan fingerprint density at radius 3 is 2.75 bits per heavy atom. The first kappa shape index (κ1) is 19.0. The number of benzene rings is 1. The number of thiophene rings is 1. The van der Waals surface area contributed by atoms with E-state index >= 15 is 0 Å². The molecule has 2 heterocycles. The van der Waals surface area contributed by atoms with E-state index in [1.807, 2.05) is 24.4 Å². The number of aromatic nitrogens is 1. The minimum Gasteiger partial charge on any atom is -0.447 e. The Hall–Kier alpha value is -2.37. The van der Waals surface area contributed by atoms with Crippen molar-refractivity contribution in [3.05, 3.63) is 58.7 Å². The van der Waals surface area contributed by atoms with Gasteiger partial charge >= 0.3 is 6.09 Å². The van der Waals surface area contributed by atoms with Crippen LogP contribution >= 0.6 is 22.9 Å². The van der Waals surface area contributed by atoms with Crippen LogP contribution in [0.4, 0.5) is 10.5 Å². The summed E-state index contributed by atoms with van der Waals surface area (Å²) >= 11 is 8.14. The first-order valence-corrected chi connectivity index (χ1v) is 10.6. The van der Waals surface area contributed by atoms with Gasteiger partial charge in [-0.15, -0.1) is 11.3 Å². The zero-order chi connectivity index (χ0) is 19.7. The third kappa shape index (κ3) is 4.37. The van der Waals surface area contributed by atoms with Crippen molar-refractivity contribution in [1.82, 2.24) is 4.98 Å². The Morgan fingerprint density at radius 1 is 1.21 bits per heavy atom. The minimum absolute atomic E-state index is 0.173. The zero-order valence-corrected chi connectivity index (χ0v) is 17.3. The largest absolute Gasteiger partial charge is 0.447 e. The first-order chi connectivity index (χ1) is 13.5. The SMILES string of the molecule is CC(C)OC(=O)Nc1ccc(-c2cc(-c3ccnc(C4CC4)c3)cs2)c(Cl)c1. The fourth-order valence-electron chi connectivity index (χ4n) is 3.01. The van der Waals surface area contributed by atoms with E-state index in [1.54, 1.807) is 31.3 Å². The van der Waals surface area contributed by atoms with Gasteiger partial charge in [-0.3, -0.25) is 10.3 Å². The van der Waals surface area contributed by atoms with E-state index in [4.69, 9.17) is 16.3 Å². The number of hydrogen-bond acceptors (Lipinski definition) is 4. The second kappa shape index (κ2) is 7.94.